The second-order valence-corrected chi connectivity index (χ2v) is 5.11. The Kier molecular flexibility index (Phi) is 6.44. The minimum atomic E-state index is -0.0226. The number of halogens is 2. The highest BCUT2D eigenvalue weighted by Gasteiger charge is 2.13. The van der Waals surface area contributed by atoms with Crippen LogP contribution in [0.3, 0.4) is 0 Å². The van der Waals surface area contributed by atoms with Gasteiger partial charge in [0.15, 0.2) is 0 Å². The van der Waals surface area contributed by atoms with Crippen LogP contribution >= 0.6 is 24.8 Å². The zero-order valence-corrected chi connectivity index (χ0v) is 15.0. The number of nitrogen functional groups attached to an aromatic ring is 2. The van der Waals surface area contributed by atoms with E-state index in [1.54, 1.807) is 37.4 Å². The van der Waals surface area contributed by atoms with Gasteiger partial charge >= 0.3 is 0 Å². The molecular formula is C17H18Cl2N4O2. The van der Waals surface area contributed by atoms with Crippen LogP contribution in [0.4, 0.5) is 0 Å². The smallest absolute Gasteiger partial charge is 0.139 e. The van der Waals surface area contributed by atoms with Crippen molar-refractivity contribution in [3.05, 3.63) is 53.6 Å². The summed E-state index contributed by atoms with van der Waals surface area (Å²) in [6.07, 6.45) is 0. The standard InChI is InChI=1S/C17H16N4O2.2ClH/c1-22-14-8-11(17(20)21)4-5-12(14)15-6-9-2-3-10(16(18)19)7-13(9)23-15;;/h2-8H,1H3,(H3,18,19)(H3,20,21);2*1H. The molecule has 0 fully saturated rings. The molecular weight excluding hydrogens is 363 g/mol. The molecule has 2 aromatic carbocycles. The summed E-state index contributed by atoms with van der Waals surface area (Å²) >= 11 is 0. The van der Waals surface area contributed by atoms with E-state index in [0.29, 0.717) is 28.2 Å². The van der Waals surface area contributed by atoms with Crippen molar-refractivity contribution in [3.63, 3.8) is 0 Å². The number of nitrogens with one attached hydrogen (secondary N) is 2. The molecule has 8 heteroatoms. The van der Waals surface area contributed by atoms with E-state index < -0.39 is 0 Å². The SMILES string of the molecule is COc1cc(C(=N)N)ccc1-c1cc2ccc(C(=N)N)cc2o1.Cl.Cl. The molecule has 132 valence electrons. The Morgan fingerprint density at radius 3 is 2.12 bits per heavy atom. The summed E-state index contributed by atoms with van der Waals surface area (Å²) in [6, 6.07) is 12.5. The second-order valence-electron chi connectivity index (χ2n) is 5.11. The van der Waals surface area contributed by atoms with Gasteiger partial charge in [0.05, 0.1) is 12.7 Å². The maximum Gasteiger partial charge on any atom is 0.139 e. The molecule has 0 atom stereocenters. The fourth-order valence-electron chi connectivity index (χ4n) is 2.39. The van der Waals surface area contributed by atoms with E-state index in [2.05, 4.69) is 0 Å². The number of nitrogens with two attached hydrogens (primary N) is 2. The van der Waals surface area contributed by atoms with Crippen LogP contribution < -0.4 is 16.2 Å². The Morgan fingerprint density at radius 1 is 0.920 bits per heavy atom. The Morgan fingerprint density at radius 2 is 1.52 bits per heavy atom. The van der Waals surface area contributed by atoms with Gasteiger partial charge < -0.3 is 20.6 Å². The maximum atomic E-state index is 7.50. The highest BCUT2D eigenvalue weighted by Crippen LogP contribution is 2.35. The van der Waals surface area contributed by atoms with Crippen LogP contribution in [0.5, 0.6) is 5.75 Å². The summed E-state index contributed by atoms with van der Waals surface area (Å²) in [5.41, 5.74) is 13.6. The van der Waals surface area contributed by atoms with Gasteiger partial charge in [-0.3, -0.25) is 10.8 Å². The molecule has 0 aliphatic rings. The van der Waals surface area contributed by atoms with Crippen molar-refractivity contribution >= 4 is 47.5 Å². The van der Waals surface area contributed by atoms with Gasteiger partial charge in [0.1, 0.15) is 28.8 Å². The lowest BCUT2D eigenvalue weighted by Gasteiger charge is -2.08. The lowest BCUT2D eigenvalue weighted by Crippen LogP contribution is -2.11. The molecule has 0 amide bonds. The molecule has 0 spiro atoms. The lowest BCUT2D eigenvalue weighted by molar-refractivity contribution is 0.415. The molecule has 25 heavy (non-hydrogen) atoms. The molecule has 6 nitrogen and oxygen atoms in total. The third-order valence-corrected chi connectivity index (χ3v) is 3.61. The number of hydrogen-bond donors (Lipinski definition) is 4. The van der Waals surface area contributed by atoms with Gasteiger partial charge in [0, 0.05) is 16.5 Å². The van der Waals surface area contributed by atoms with E-state index >= 15 is 0 Å². The van der Waals surface area contributed by atoms with Gasteiger partial charge in [0.25, 0.3) is 0 Å². The van der Waals surface area contributed by atoms with E-state index in [1.165, 1.54) is 0 Å². The molecule has 6 N–H and O–H groups in total. The minimum Gasteiger partial charge on any atom is -0.496 e. The van der Waals surface area contributed by atoms with Crippen LogP contribution in [0.2, 0.25) is 0 Å². The topological polar surface area (TPSA) is 122 Å². The van der Waals surface area contributed by atoms with Crippen LogP contribution in [-0.2, 0) is 0 Å². The molecule has 0 saturated carbocycles. The fourth-order valence-corrected chi connectivity index (χ4v) is 2.39. The number of rotatable bonds is 4. The van der Waals surface area contributed by atoms with Crippen LogP contribution in [0.15, 0.2) is 46.9 Å². The summed E-state index contributed by atoms with van der Waals surface area (Å²) in [6.45, 7) is 0. The minimum absolute atomic E-state index is 0. The van der Waals surface area contributed by atoms with Crippen LogP contribution in [0.25, 0.3) is 22.3 Å². The largest absolute Gasteiger partial charge is 0.496 e. The Balaban J connectivity index is 0.00000156. The highest BCUT2D eigenvalue weighted by molar-refractivity contribution is 5.99. The van der Waals surface area contributed by atoms with Crippen molar-refractivity contribution in [1.29, 1.82) is 10.8 Å². The molecule has 0 radical (unpaired) electrons. The number of amidine groups is 2. The van der Waals surface area contributed by atoms with Crippen molar-refractivity contribution in [2.45, 2.75) is 0 Å². The van der Waals surface area contributed by atoms with Gasteiger partial charge in [0.2, 0.25) is 0 Å². The van der Waals surface area contributed by atoms with Gasteiger partial charge in [-0.25, -0.2) is 0 Å². The molecule has 0 unspecified atom stereocenters. The number of fused-ring (bicyclic) bond motifs is 1. The summed E-state index contributed by atoms with van der Waals surface area (Å²) in [4.78, 5) is 0. The first-order valence-electron chi connectivity index (χ1n) is 6.90. The molecule has 0 aliphatic carbocycles. The molecule has 1 aromatic heterocycles. The normalized spacial score (nSPS) is 9.80. The van der Waals surface area contributed by atoms with E-state index in [9.17, 15) is 0 Å². The zero-order valence-electron chi connectivity index (χ0n) is 13.3. The Hall–Kier alpha value is -2.70. The molecule has 0 saturated heterocycles. The van der Waals surface area contributed by atoms with Crippen molar-refractivity contribution in [3.8, 4) is 17.1 Å². The zero-order chi connectivity index (χ0) is 16.6. The second kappa shape index (κ2) is 7.92. The van der Waals surface area contributed by atoms with Gasteiger partial charge in [-0.2, -0.15) is 0 Å². The molecule has 0 bridgehead atoms. The number of hydrogen-bond acceptors (Lipinski definition) is 4. The lowest BCUT2D eigenvalue weighted by atomic mass is 10.1. The summed E-state index contributed by atoms with van der Waals surface area (Å²) in [5.74, 6) is 1.18. The fraction of sp³-hybridized carbons (Fsp3) is 0.0588. The van der Waals surface area contributed by atoms with E-state index in [-0.39, 0.29) is 36.5 Å². The first-order chi connectivity index (χ1) is 11.0. The number of furan rings is 1. The van der Waals surface area contributed by atoms with Gasteiger partial charge in [-0.15, -0.1) is 24.8 Å². The summed E-state index contributed by atoms with van der Waals surface area (Å²) < 4.78 is 11.3. The molecule has 3 aromatic rings. The average molecular weight is 381 g/mol. The van der Waals surface area contributed by atoms with E-state index in [1.807, 2.05) is 12.1 Å². The van der Waals surface area contributed by atoms with E-state index in [4.69, 9.17) is 31.4 Å². The quantitative estimate of drug-likeness (QED) is 0.408. The number of methoxy groups -OCH3 is 1. The van der Waals surface area contributed by atoms with Crippen molar-refractivity contribution in [1.82, 2.24) is 0 Å². The van der Waals surface area contributed by atoms with Crippen LogP contribution in [0.1, 0.15) is 11.1 Å². The van der Waals surface area contributed by atoms with Gasteiger partial charge in [-0.05, 0) is 24.3 Å². The first-order valence-corrected chi connectivity index (χ1v) is 6.90. The first kappa shape index (κ1) is 20.3. The third-order valence-electron chi connectivity index (χ3n) is 3.61. The third kappa shape index (κ3) is 3.87. The van der Waals surface area contributed by atoms with Crippen molar-refractivity contribution < 1.29 is 9.15 Å². The van der Waals surface area contributed by atoms with E-state index in [0.717, 1.165) is 10.9 Å². The predicted molar refractivity (Wildman–Crippen MR) is 105 cm³/mol. The van der Waals surface area contributed by atoms with Crippen LogP contribution in [0, 0.1) is 10.8 Å². The Labute approximate surface area is 157 Å². The van der Waals surface area contributed by atoms with Crippen molar-refractivity contribution in [2.24, 2.45) is 11.5 Å². The summed E-state index contributed by atoms with van der Waals surface area (Å²) in [7, 11) is 1.55. The van der Waals surface area contributed by atoms with Crippen molar-refractivity contribution in [2.75, 3.05) is 7.11 Å². The molecule has 1 heterocycles. The summed E-state index contributed by atoms with van der Waals surface area (Å²) in [5, 5.41) is 15.9. The van der Waals surface area contributed by atoms with Gasteiger partial charge in [-0.1, -0.05) is 18.2 Å². The predicted octanol–water partition coefficient (Wildman–Crippen LogP) is 3.52. The number of benzene rings is 2. The van der Waals surface area contributed by atoms with Crippen LogP contribution in [-0.4, -0.2) is 18.8 Å². The monoisotopic (exact) mass is 380 g/mol. The Bertz CT molecular complexity index is 938. The average Bonchev–Trinajstić information content (AvgIpc) is 2.96. The highest BCUT2D eigenvalue weighted by atomic mass is 35.5. The molecule has 3 rings (SSSR count). The maximum absolute atomic E-state index is 7.50. The molecule has 0 aliphatic heterocycles. The number of ether oxygens (including phenoxy) is 1.